The van der Waals surface area contributed by atoms with Crippen molar-refractivity contribution in [2.24, 2.45) is 0 Å². The Morgan fingerprint density at radius 1 is 0.756 bits per heavy atom. The first kappa shape index (κ1) is 29.6. The smallest absolute Gasteiger partial charge is 0.264 e. The Kier molecular flexibility index (Phi) is 9.57. The Balaban J connectivity index is 1.78. The molecule has 1 unspecified atom stereocenters. The lowest BCUT2D eigenvalue weighted by Crippen LogP contribution is -2.53. The maximum absolute atomic E-state index is 14.3. The van der Waals surface area contributed by atoms with Crippen LogP contribution in [0.4, 0.5) is 5.69 Å². The van der Waals surface area contributed by atoms with Crippen LogP contribution in [0, 0.1) is 13.8 Å². The van der Waals surface area contributed by atoms with Crippen LogP contribution >= 0.6 is 0 Å². The van der Waals surface area contributed by atoms with Gasteiger partial charge in [0.25, 0.3) is 10.0 Å². The van der Waals surface area contributed by atoms with Gasteiger partial charge in [-0.3, -0.25) is 13.9 Å². The van der Waals surface area contributed by atoms with Crippen molar-refractivity contribution in [1.29, 1.82) is 0 Å². The molecule has 4 aromatic carbocycles. The molecule has 0 bridgehead atoms. The van der Waals surface area contributed by atoms with Crippen molar-refractivity contribution >= 4 is 27.5 Å². The largest absolute Gasteiger partial charge is 0.357 e. The Labute approximate surface area is 242 Å². The highest BCUT2D eigenvalue weighted by atomic mass is 32.2. The highest BCUT2D eigenvalue weighted by Gasteiger charge is 2.34. The third-order valence-electron chi connectivity index (χ3n) is 6.85. The summed E-state index contributed by atoms with van der Waals surface area (Å²) in [5.74, 6) is -0.820. The third-order valence-corrected chi connectivity index (χ3v) is 8.64. The summed E-state index contributed by atoms with van der Waals surface area (Å²) in [6.07, 6.45) is 0.272. The van der Waals surface area contributed by atoms with E-state index in [1.54, 1.807) is 36.4 Å². The van der Waals surface area contributed by atoms with Crippen LogP contribution in [0.5, 0.6) is 0 Å². The molecule has 2 amide bonds. The number of sulfonamides is 1. The van der Waals surface area contributed by atoms with Gasteiger partial charge < -0.3 is 10.2 Å². The summed E-state index contributed by atoms with van der Waals surface area (Å²) in [7, 11) is -2.57. The lowest BCUT2D eigenvalue weighted by molar-refractivity contribution is -0.139. The number of benzene rings is 4. The average Bonchev–Trinajstić information content (AvgIpc) is 2.98. The number of likely N-dealkylation sites (N-methyl/N-ethyl adjacent to an activating group) is 1. The predicted octanol–water partition coefficient (Wildman–Crippen LogP) is 4.88. The van der Waals surface area contributed by atoms with Crippen molar-refractivity contribution in [3.8, 4) is 0 Å². The van der Waals surface area contributed by atoms with Gasteiger partial charge in [0.15, 0.2) is 0 Å². The lowest BCUT2D eigenvalue weighted by atomic mass is 10.0. The fourth-order valence-electron chi connectivity index (χ4n) is 4.76. The summed E-state index contributed by atoms with van der Waals surface area (Å²) in [6, 6.07) is 31.4. The van der Waals surface area contributed by atoms with Crippen molar-refractivity contribution in [1.82, 2.24) is 10.2 Å². The molecule has 0 aliphatic rings. The molecule has 7 nitrogen and oxygen atoms in total. The van der Waals surface area contributed by atoms with Gasteiger partial charge in [-0.2, -0.15) is 0 Å². The second-order valence-electron chi connectivity index (χ2n) is 9.99. The number of carbonyl (C=O) groups excluding carboxylic acids is 2. The number of hydrogen-bond donors (Lipinski definition) is 1. The molecule has 0 saturated heterocycles. The minimum absolute atomic E-state index is 0.0756. The van der Waals surface area contributed by atoms with E-state index < -0.39 is 28.5 Å². The second kappa shape index (κ2) is 13.3. The summed E-state index contributed by atoms with van der Waals surface area (Å²) in [5.41, 5.74) is 3.97. The van der Waals surface area contributed by atoms with Gasteiger partial charge in [-0.05, 0) is 54.8 Å². The first-order valence-corrected chi connectivity index (χ1v) is 14.9. The van der Waals surface area contributed by atoms with Crippen molar-refractivity contribution in [2.45, 2.75) is 37.8 Å². The summed E-state index contributed by atoms with van der Waals surface area (Å²) in [4.78, 5) is 29.1. The summed E-state index contributed by atoms with van der Waals surface area (Å²) in [5, 5.41) is 2.70. The van der Waals surface area contributed by atoms with E-state index in [9.17, 15) is 18.0 Å². The van der Waals surface area contributed by atoms with Crippen molar-refractivity contribution in [3.63, 3.8) is 0 Å². The van der Waals surface area contributed by atoms with Gasteiger partial charge in [-0.1, -0.05) is 90.5 Å². The third kappa shape index (κ3) is 7.41. The van der Waals surface area contributed by atoms with Crippen LogP contribution in [0.2, 0.25) is 0 Å². The monoisotopic (exact) mass is 569 g/mol. The minimum atomic E-state index is -4.10. The molecule has 0 spiro atoms. The first-order valence-electron chi connectivity index (χ1n) is 13.4. The minimum Gasteiger partial charge on any atom is -0.357 e. The van der Waals surface area contributed by atoms with Gasteiger partial charge in [0.1, 0.15) is 12.6 Å². The Bertz CT molecular complexity index is 1590. The van der Waals surface area contributed by atoms with Gasteiger partial charge >= 0.3 is 0 Å². The Morgan fingerprint density at radius 3 is 1.95 bits per heavy atom. The van der Waals surface area contributed by atoms with E-state index in [0.717, 1.165) is 26.6 Å². The number of rotatable bonds is 11. The Hall–Kier alpha value is -4.43. The molecule has 1 atom stereocenters. The van der Waals surface area contributed by atoms with E-state index in [1.165, 1.54) is 24.1 Å². The molecule has 41 heavy (non-hydrogen) atoms. The molecule has 1 N–H and O–H groups in total. The topological polar surface area (TPSA) is 86.8 Å². The quantitative estimate of drug-likeness (QED) is 0.279. The van der Waals surface area contributed by atoms with E-state index in [0.29, 0.717) is 5.69 Å². The number of carbonyl (C=O) groups is 2. The molecule has 0 aliphatic heterocycles. The number of anilines is 1. The van der Waals surface area contributed by atoms with Crippen LogP contribution in [0.1, 0.15) is 22.3 Å². The lowest BCUT2D eigenvalue weighted by Gasteiger charge is -2.33. The van der Waals surface area contributed by atoms with Crippen LogP contribution in [-0.4, -0.2) is 44.8 Å². The first-order chi connectivity index (χ1) is 19.7. The number of amides is 2. The molecule has 212 valence electrons. The van der Waals surface area contributed by atoms with E-state index in [4.69, 9.17) is 0 Å². The zero-order chi connectivity index (χ0) is 29.4. The van der Waals surface area contributed by atoms with Crippen LogP contribution in [-0.2, 0) is 32.6 Å². The van der Waals surface area contributed by atoms with Gasteiger partial charge in [-0.25, -0.2) is 8.42 Å². The highest BCUT2D eigenvalue weighted by molar-refractivity contribution is 7.92. The van der Waals surface area contributed by atoms with Crippen molar-refractivity contribution in [2.75, 3.05) is 17.9 Å². The molecule has 0 radical (unpaired) electrons. The predicted molar refractivity (Wildman–Crippen MR) is 162 cm³/mol. The van der Waals surface area contributed by atoms with E-state index in [-0.39, 0.29) is 23.8 Å². The summed E-state index contributed by atoms with van der Waals surface area (Å²) < 4.78 is 29.0. The molecule has 0 heterocycles. The van der Waals surface area contributed by atoms with E-state index in [2.05, 4.69) is 5.32 Å². The molecule has 0 aliphatic carbocycles. The maximum Gasteiger partial charge on any atom is 0.264 e. The molecular formula is C33H35N3O4S. The van der Waals surface area contributed by atoms with Gasteiger partial charge in [0.05, 0.1) is 10.6 Å². The number of nitrogens with zero attached hydrogens (tertiary/aromatic N) is 2. The normalized spacial score (nSPS) is 11.9. The standard InChI is InChI=1S/C33H35N3O4S/c1-25-12-10-16-28(20-25)23-35(31(33(38)34-3)22-27-14-6-4-7-15-27)32(37)24-36(29-17-11-13-26(2)21-29)41(39,40)30-18-8-5-9-19-30/h4-21,31H,22-24H2,1-3H3,(H,34,38). The number of nitrogens with one attached hydrogen (secondary N) is 1. The average molecular weight is 570 g/mol. The second-order valence-corrected chi connectivity index (χ2v) is 11.9. The summed E-state index contributed by atoms with van der Waals surface area (Å²) in [6.45, 7) is 3.49. The molecule has 4 rings (SSSR count). The highest BCUT2D eigenvalue weighted by Crippen LogP contribution is 2.26. The van der Waals surface area contributed by atoms with E-state index in [1.807, 2.05) is 74.5 Å². The zero-order valence-electron chi connectivity index (χ0n) is 23.5. The molecular weight excluding hydrogens is 534 g/mol. The zero-order valence-corrected chi connectivity index (χ0v) is 24.3. The molecule has 0 fully saturated rings. The fraction of sp³-hybridized carbons (Fsp3) is 0.212. The van der Waals surface area contributed by atoms with Crippen molar-refractivity contribution < 1.29 is 18.0 Å². The molecule has 0 saturated carbocycles. The van der Waals surface area contributed by atoms with Crippen LogP contribution < -0.4 is 9.62 Å². The molecule has 8 heteroatoms. The molecule has 4 aromatic rings. The fourth-order valence-corrected chi connectivity index (χ4v) is 6.19. The van der Waals surface area contributed by atoms with Crippen molar-refractivity contribution in [3.05, 3.63) is 131 Å². The van der Waals surface area contributed by atoms with Gasteiger partial charge in [0, 0.05) is 20.0 Å². The SMILES string of the molecule is CNC(=O)C(Cc1ccccc1)N(Cc1cccc(C)c1)C(=O)CN(c1cccc(C)c1)S(=O)(=O)c1ccccc1. The van der Waals surface area contributed by atoms with E-state index >= 15 is 0 Å². The van der Waals surface area contributed by atoms with Gasteiger partial charge in [-0.15, -0.1) is 0 Å². The number of hydrogen-bond acceptors (Lipinski definition) is 4. The summed E-state index contributed by atoms with van der Waals surface area (Å²) >= 11 is 0. The Morgan fingerprint density at radius 2 is 1.34 bits per heavy atom. The van der Waals surface area contributed by atoms with Crippen LogP contribution in [0.15, 0.2) is 114 Å². The van der Waals surface area contributed by atoms with Crippen LogP contribution in [0.25, 0.3) is 0 Å². The maximum atomic E-state index is 14.3. The molecule has 0 aromatic heterocycles. The van der Waals surface area contributed by atoms with Crippen LogP contribution in [0.3, 0.4) is 0 Å². The number of aryl methyl sites for hydroxylation is 2. The van der Waals surface area contributed by atoms with Gasteiger partial charge in [0.2, 0.25) is 11.8 Å².